The van der Waals surface area contributed by atoms with Crippen molar-refractivity contribution in [2.75, 3.05) is 26.2 Å². The zero-order chi connectivity index (χ0) is 18.4. The Morgan fingerprint density at radius 1 is 1.12 bits per heavy atom. The van der Waals surface area contributed by atoms with Crippen molar-refractivity contribution in [3.05, 3.63) is 65.7 Å². The molecule has 1 aromatic carbocycles. The van der Waals surface area contributed by atoms with E-state index in [0.717, 1.165) is 25.9 Å². The first kappa shape index (κ1) is 18.2. The standard InChI is InChI=1S/C20H22FN3O2/c21-18-5-3-16(4-6-18)19(25)14-24-10-7-15(8-11-24)12-23-20(26)17-2-1-9-22-13-17/h1-6,9,13,15H,7-8,10-12,14H2,(H,23,26). The van der Waals surface area contributed by atoms with Gasteiger partial charge >= 0.3 is 0 Å². The SMILES string of the molecule is O=C(CN1CCC(CNC(=O)c2cccnc2)CC1)c1ccc(F)cc1. The molecule has 5 nitrogen and oxygen atoms in total. The number of likely N-dealkylation sites (tertiary alicyclic amines) is 1. The maximum absolute atomic E-state index is 12.9. The van der Waals surface area contributed by atoms with Crippen LogP contribution >= 0.6 is 0 Å². The van der Waals surface area contributed by atoms with Crippen LogP contribution in [-0.4, -0.2) is 47.8 Å². The van der Waals surface area contributed by atoms with Crippen LogP contribution in [0.4, 0.5) is 4.39 Å². The summed E-state index contributed by atoms with van der Waals surface area (Å²) in [5.74, 6) is -0.0242. The second-order valence-corrected chi connectivity index (χ2v) is 6.60. The second kappa shape index (κ2) is 8.67. The summed E-state index contributed by atoms with van der Waals surface area (Å²) < 4.78 is 12.9. The topological polar surface area (TPSA) is 62.3 Å². The van der Waals surface area contributed by atoms with Crippen molar-refractivity contribution in [3.8, 4) is 0 Å². The number of piperidine rings is 1. The van der Waals surface area contributed by atoms with Crippen LogP contribution in [0.3, 0.4) is 0 Å². The van der Waals surface area contributed by atoms with Crippen LogP contribution in [0.15, 0.2) is 48.8 Å². The van der Waals surface area contributed by atoms with E-state index in [1.165, 1.54) is 24.3 Å². The third kappa shape index (κ3) is 4.95. The Kier molecular flexibility index (Phi) is 6.07. The highest BCUT2D eigenvalue weighted by Crippen LogP contribution is 2.17. The monoisotopic (exact) mass is 355 g/mol. The van der Waals surface area contributed by atoms with Gasteiger partial charge in [0.15, 0.2) is 5.78 Å². The molecule has 0 bridgehead atoms. The lowest BCUT2D eigenvalue weighted by Gasteiger charge is -2.31. The number of benzene rings is 1. The first-order valence-corrected chi connectivity index (χ1v) is 8.81. The van der Waals surface area contributed by atoms with E-state index in [0.29, 0.717) is 30.1 Å². The Labute approximate surface area is 152 Å². The third-order valence-electron chi connectivity index (χ3n) is 4.72. The van der Waals surface area contributed by atoms with Crippen molar-refractivity contribution in [2.24, 2.45) is 5.92 Å². The highest BCUT2D eigenvalue weighted by atomic mass is 19.1. The van der Waals surface area contributed by atoms with Gasteiger partial charge in [-0.2, -0.15) is 0 Å². The number of aromatic nitrogens is 1. The minimum Gasteiger partial charge on any atom is -0.352 e. The van der Waals surface area contributed by atoms with Gasteiger partial charge in [0.25, 0.3) is 5.91 Å². The van der Waals surface area contributed by atoms with Gasteiger partial charge < -0.3 is 5.32 Å². The lowest BCUT2D eigenvalue weighted by atomic mass is 9.96. The highest BCUT2D eigenvalue weighted by Gasteiger charge is 2.22. The van der Waals surface area contributed by atoms with Gasteiger partial charge in [0.05, 0.1) is 12.1 Å². The number of hydrogen-bond donors (Lipinski definition) is 1. The second-order valence-electron chi connectivity index (χ2n) is 6.60. The molecule has 0 aliphatic carbocycles. The van der Waals surface area contributed by atoms with Crippen LogP contribution in [0.5, 0.6) is 0 Å². The number of halogens is 1. The van der Waals surface area contributed by atoms with Crippen LogP contribution in [0.25, 0.3) is 0 Å². The minimum absolute atomic E-state index is 0.00771. The molecule has 26 heavy (non-hydrogen) atoms. The van der Waals surface area contributed by atoms with E-state index < -0.39 is 0 Å². The molecule has 6 heteroatoms. The Morgan fingerprint density at radius 3 is 2.50 bits per heavy atom. The summed E-state index contributed by atoms with van der Waals surface area (Å²) in [6.07, 6.45) is 5.06. The van der Waals surface area contributed by atoms with E-state index in [1.54, 1.807) is 24.5 Å². The Balaban J connectivity index is 1.41. The Hall–Kier alpha value is -2.60. The molecule has 0 atom stereocenters. The van der Waals surface area contributed by atoms with E-state index in [1.807, 2.05) is 0 Å². The van der Waals surface area contributed by atoms with Gasteiger partial charge in [-0.3, -0.25) is 19.5 Å². The van der Waals surface area contributed by atoms with Crippen LogP contribution in [0.2, 0.25) is 0 Å². The van der Waals surface area contributed by atoms with Crippen molar-refractivity contribution in [3.63, 3.8) is 0 Å². The summed E-state index contributed by atoms with van der Waals surface area (Å²) in [7, 11) is 0. The lowest BCUT2D eigenvalue weighted by Crippen LogP contribution is -2.40. The van der Waals surface area contributed by atoms with Gasteiger partial charge in [-0.05, 0) is 68.2 Å². The zero-order valence-electron chi connectivity index (χ0n) is 14.5. The number of pyridine rings is 1. The van der Waals surface area contributed by atoms with E-state index >= 15 is 0 Å². The van der Waals surface area contributed by atoms with Crippen LogP contribution in [0, 0.1) is 11.7 Å². The minimum atomic E-state index is -0.337. The summed E-state index contributed by atoms with van der Waals surface area (Å²) in [5, 5.41) is 2.96. The Bertz CT molecular complexity index is 741. The van der Waals surface area contributed by atoms with Crippen molar-refractivity contribution in [2.45, 2.75) is 12.8 Å². The molecule has 3 rings (SSSR count). The highest BCUT2D eigenvalue weighted by molar-refractivity contribution is 5.97. The number of rotatable bonds is 6. The zero-order valence-corrected chi connectivity index (χ0v) is 14.5. The summed E-state index contributed by atoms with van der Waals surface area (Å²) in [4.78, 5) is 30.4. The maximum atomic E-state index is 12.9. The molecule has 2 aromatic rings. The van der Waals surface area contributed by atoms with Crippen LogP contribution in [-0.2, 0) is 0 Å². The Morgan fingerprint density at radius 2 is 1.85 bits per heavy atom. The first-order valence-electron chi connectivity index (χ1n) is 8.81. The third-order valence-corrected chi connectivity index (χ3v) is 4.72. The van der Waals surface area contributed by atoms with Crippen LogP contribution in [0.1, 0.15) is 33.6 Å². The van der Waals surface area contributed by atoms with Crippen molar-refractivity contribution in [1.82, 2.24) is 15.2 Å². The molecule has 0 unspecified atom stereocenters. The normalized spacial score (nSPS) is 15.6. The molecule has 136 valence electrons. The van der Waals surface area contributed by atoms with Crippen LogP contribution < -0.4 is 5.32 Å². The van der Waals surface area contributed by atoms with Crippen molar-refractivity contribution < 1.29 is 14.0 Å². The number of nitrogens with zero attached hydrogens (tertiary/aromatic N) is 2. The van der Waals surface area contributed by atoms with E-state index in [9.17, 15) is 14.0 Å². The predicted molar refractivity (Wildman–Crippen MR) is 96.5 cm³/mol. The molecular weight excluding hydrogens is 333 g/mol. The van der Waals surface area contributed by atoms with Gasteiger partial charge in [-0.1, -0.05) is 0 Å². The molecule has 1 aromatic heterocycles. The molecular formula is C20H22FN3O2. The molecule has 2 heterocycles. The fourth-order valence-electron chi connectivity index (χ4n) is 3.12. The quantitative estimate of drug-likeness (QED) is 0.809. The van der Waals surface area contributed by atoms with Crippen molar-refractivity contribution in [1.29, 1.82) is 0 Å². The number of ketones is 1. The number of carbonyl (C=O) groups excluding carboxylic acids is 2. The number of carbonyl (C=O) groups is 2. The largest absolute Gasteiger partial charge is 0.352 e. The molecule has 0 saturated carbocycles. The van der Waals surface area contributed by atoms with Crippen molar-refractivity contribution >= 4 is 11.7 Å². The summed E-state index contributed by atoms with van der Waals surface area (Å²) in [5.41, 5.74) is 1.10. The summed E-state index contributed by atoms with van der Waals surface area (Å²) in [6, 6.07) is 9.16. The lowest BCUT2D eigenvalue weighted by molar-refractivity contribution is 0.0887. The fraction of sp³-hybridized carbons (Fsp3) is 0.350. The molecule has 0 radical (unpaired) electrons. The first-order chi connectivity index (χ1) is 12.6. The van der Waals surface area contributed by atoms with Gasteiger partial charge in [0.2, 0.25) is 0 Å². The average Bonchev–Trinajstić information content (AvgIpc) is 2.68. The summed E-state index contributed by atoms with van der Waals surface area (Å²) >= 11 is 0. The number of amides is 1. The molecule has 1 fully saturated rings. The molecule has 1 aliphatic rings. The number of hydrogen-bond acceptors (Lipinski definition) is 4. The van der Waals surface area contributed by atoms with Gasteiger partial charge in [0.1, 0.15) is 5.82 Å². The number of nitrogens with one attached hydrogen (secondary N) is 1. The molecule has 1 saturated heterocycles. The molecule has 1 aliphatic heterocycles. The maximum Gasteiger partial charge on any atom is 0.252 e. The van der Waals surface area contributed by atoms with E-state index in [-0.39, 0.29) is 17.5 Å². The fourth-order valence-corrected chi connectivity index (χ4v) is 3.12. The number of Topliss-reactive ketones (excluding diaryl/α,β-unsaturated/α-hetero) is 1. The van der Waals surface area contributed by atoms with E-state index in [2.05, 4.69) is 15.2 Å². The van der Waals surface area contributed by atoms with Gasteiger partial charge in [-0.15, -0.1) is 0 Å². The molecule has 1 N–H and O–H groups in total. The predicted octanol–water partition coefficient (Wildman–Crippen LogP) is 2.55. The molecule has 0 spiro atoms. The van der Waals surface area contributed by atoms with Gasteiger partial charge in [0, 0.05) is 24.5 Å². The average molecular weight is 355 g/mol. The molecule has 1 amide bonds. The smallest absolute Gasteiger partial charge is 0.252 e. The van der Waals surface area contributed by atoms with E-state index in [4.69, 9.17) is 0 Å². The summed E-state index contributed by atoms with van der Waals surface area (Å²) in [6.45, 7) is 2.62. The van der Waals surface area contributed by atoms with Gasteiger partial charge in [-0.25, -0.2) is 4.39 Å².